The van der Waals surface area contributed by atoms with Crippen LogP contribution in [0.3, 0.4) is 0 Å². The lowest BCUT2D eigenvalue weighted by Crippen LogP contribution is -1.89. The van der Waals surface area contributed by atoms with Crippen molar-refractivity contribution in [2.45, 2.75) is 6.92 Å². The molecule has 2 nitrogen and oxygen atoms in total. The Labute approximate surface area is 85.2 Å². The van der Waals surface area contributed by atoms with E-state index in [1.165, 1.54) is 11.3 Å². The Bertz CT molecular complexity index is 384. The Hall–Kier alpha value is -0.980. The smallest absolute Gasteiger partial charge is 0.345 e. The van der Waals surface area contributed by atoms with Gasteiger partial charge in [-0.15, -0.1) is 22.9 Å². The number of halogens is 1. The van der Waals surface area contributed by atoms with E-state index in [1.54, 1.807) is 6.07 Å². The summed E-state index contributed by atoms with van der Waals surface area (Å²) in [6.45, 7) is 1.83. The highest BCUT2D eigenvalue weighted by Crippen LogP contribution is 2.20. The van der Waals surface area contributed by atoms with Gasteiger partial charge < -0.3 is 5.11 Å². The zero-order valence-corrected chi connectivity index (χ0v) is 8.50. The van der Waals surface area contributed by atoms with Crippen molar-refractivity contribution in [3.8, 4) is 11.8 Å². The normalized spacial score (nSPS) is 9.08. The minimum Gasteiger partial charge on any atom is -0.477 e. The van der Waals surface area contributed by atoms with Crippen LogP contribution in [-0.4, -0.2) is 17.0 Å². The molecule has 1 heterocycles. The molecule has 68 valence electrons. The number of carboxylic acids is 1. The van der Waals surface area contributed by atoms with Crippen molar-refractivity contribution < 1.29 is 9.90 Å². The minimum absolute atomic E-state index is 0.264. The van der Waals surface area contributed by atoms with Gasteiger partial charge in [0.2, 0.25) is 0 Å². The number of alkyl halides is 1. The van der Waals surface area contributed by atoms with Crippen molar-refractivity contribution in [3.63, 3.8) is 0 Å². The summed E-state index contributed by atoms with van der Waals surface area (Å²) in [6, 6.07) is 1.62. The van der Waals surface area contributed by atoms with Crippen molar-refractivity contribution in [2.75, 3.05) is 5.88 Å². The molecule has 1 aromatic heterocycles. The average molecular weight is 215 g/mol. The molecule has 0 aromatic carbocycles. The van der Waals surface area contributed by atoms with Crippen LogP contribution in [0.4, 0.5) is 0 Å². The number of rotatable bonds is 1. The lowest BCUT2D eigenvalue weighted by atomic mass is 10.3. The van der Waals surface area contributed by atoms with Crippen LogP contribution in [0.2, 0.25) is 0 Å². The molecule has 4 heteroatoms. The molecule has 0 atom stereocenters. The first kappa shape index (κ1) is 10.1. The second kappa shape index (κ2) is 4.31. The van der Waals surface area contributed by atoms with E-state index in [1.807, 2.05) is 6.92 Å². The summed E-state index contributed by atoms with van der Waals surface area (Å²) in [6.07, 6.45) is 0. The van der Waals surface area contributed by atoms with Crippen molar-refractivity contribution in [1.82, 2.24) is 0 Å². The number of aryl methyl sites for hydroxylation is 1. The third-order valence-corrected chi connectivity index (χ3v) is 2.67. The van der Waals surface area contributed by atoms with Gasteiger partial charge in [0.1, 0.15) is 4.88 Å². The van der Waals surface area contributed by atoms with E-state index in [-0.39, 0.29) is 5.88 Å². The quantitative estimate of drug-likeness (QED) is 0.576. The van der Waals surface area contributed by atoms with Gasteiger partial charge >= 0.3 is 5.97 Å². The van der Waals surface area contributed by atoms with Crippen LogP contribution < -0.4 is 0 Å². The molecule has 0 amide bonds. The van der Waals surface area contributed by atoms with Crippen LogP contribution in [0.1, 0.15) is 20.1 Å². The maximum atomic E-state index is 10.6. The molecule has 0 spiro atoms. The molecule has 0 aliphatic heterocycles. The number of thiophene rings is 1. The number of aromatic carboxylic acids is 1. The Balaban J connectivity index is 3.03. The first-order valence-corrected chi connectivity index (χ1v) is 4.89. The lowest BCUT2D eigenvalue weighted by molar-refractivity contribution is 0.0702. The number of hydrogen-bond donors (Lipinski definition) is 1. The molecule has 1 N–H and O–H groups in total. The molecule has 0 radical (unpaired) electrons. The van der Waals surface area contributed by atoms with Gasteiger partial charge in [0.25, 0.3) is 0 Å². The number of hydrogen-bond acceptors (Lipinski definition) is 2. The third-order valence-electron chi connectivity index (χ3n) is 1.40. The molecule has 1 rings (SSSR count). The van der Waals surface area contributed by atoms with E-state index in [0.717, 1.165) is 10.4 Å². The lowest BCUT2D eigenvalue weighted by Gasteiger charge is -1.81. The molecule has 0 aliphatic rings. The van der Waals surface area contributed by atoms with Crippen LogP contribution >= 0.6 is 22.9 Å². The van der Waals surface area contributed by atoms with Crippen LogP contribution in [0.25, 0.3) is 0 Å². The van der Waals surface area contributed by atoms with Gasteiger partial charge in [-0.1, -0.05) is 11.8 Å². The van der Waals surface area contributed by atoms with E-state index in [2.05, 4.69) is 11.8 Å². The van der Waals surface area contributed by atoms with Crippen LogP contribution in [0.5, 0.6) is 0 Å². The first-order chi connectivity index (χ1) is 6.15. The summed E-state index contributed by atoms with van der Waals surface area (Å²) >= 11 is 6.56. The Kier molecular flexibility index (Phi) is 3.35. The highest BCUT2D eigenvalue weighted by atomic mass is 35.5. The molecular weight excluding hydrogens is 208 g/mol. The summed E-state index contributed by atoms with van der Waals surface area (Å²) < 4.78 is 0. The molecule has 0 saturated heterocycles. The van der Waals surface area contributed by atoms with Crippen molar-refractivity contribution >= 4 is 28.9 Å². The van der Waals surface area contributed by atoms with Crippen molar-refractivity contribution in [3.05, 3.63) is 21.4 Å². The zero-order valence-electron chi connectivity index (χ0n) is 6.93. The van der Waals surface area contributed by atoms with Crippen LogP contribution in [0, 0.1) is 18.8 Å². The van der Waals surface area contributed by atoms with Gasteiger partial charge in [-0.05, 0) is 18.6 Å². The highest BCUT2D eigenvalue weighted by molar-refractivity contribution is 7.14. The van der Waals surface area contributed by atoms with Gasteiger partial charge in [-0.3, -0.25) is 0 Å². The predicted octanol–water partition coefficient (Wildman–Crippen LogP) is 2.35. The molecular formula is C9H7ClO2S. The number of carboxylic acid groups (broad SMARTS) is 1. The SMILES string of the molecule is Cc1cc(C(=O)O)sc1C#CCCl. The second-order valence-electron chi connectivity index (χ2n) is 2.36. The summed E-state index contributed by atoms with van der Waals surface area (Å²) in [5.41, 5.74) is 0.889. The summed E-state index contributed by atoms with van der Waals surface area (Å²) in [7, 11) is 0. The largest absolute Gasteiger partial charge is 0.477 e. The van der Waals surface area contributed by atoms with Crippen LogP contribution in [0.15, 0.2) is 6.07 Å². The monoisotopic (exact) mass is 214 g/mol. The molecule has 0 aliphatic carbocycles. The van der Waals surface area contributed by atoms with E-state index in [4.69, 9.17) is 16.7 Å². The Morgan fingerprint density at radius 2 is 2.46 bits per heavy atom. The molecule has 0 saturated carbocycles. The van der Waals surface area contributed by atoms with E-state index >= 15 is 0 Å². The molecule has 13 heavy (non-hydrogen) atoms. The predicted molar refractivity (Wildman–Crippen MR) is 53.6 cm³/mol. The summed E-state index contributed by atoms with van der Waals surface area (Å²) in [5, 5.41) is 8.68. The minimum atomic E-state index is -0.910. The van der Waals surface area contributed by atoms with Gasteiger partial charge in [0.05, 0.1) is 10.8 Å². The Morgan fingerprint density at radius 1 is 1.77 bits per heavy atom. The van der Waals surface area contributed by atoms with Crippen molar-refractivity contribution in [2.24, 2.45) is 0 Å². The fraction of sp³-hybridized carbons (Fsp3) is 0.222. The van der Waals surface area contributed by atoms with Crippen LogP contribution in [-0.2, 0) is 0 Å². The van der Waals surface area contributed by atoms with E-state index < -0.39 is 5.97 Å². The zero-order chi connectivity index (χ0) is 9.84. The van der Waals surface area contributed by atoms with E-state index in [0.29, 0.717) is 4.88 Å². The third kappa shape index (κ3) is 2.48. The average Bonchev–Trinajstić information content (AvgIpc) is 2.44. The fourth-order valence-corrected chi connectivity index (χ4v) is 1.78. The topological polar surface area (TPSA) is 37.3 Å². The van der Waals surface area contributed by atoms with Gasteiger partial charge in [0, 0.05) is 0 Å². The second-order valence-corrected chi connectivity index (χ2v) is 3.68. The standard InChI is InChI=1S/C9H7ClO2S/c1-6-5-8(9(11)12)13-7(6)3-2-4-10/h5H,4H2,1H3,(H,11,12). The molecule has 1 aromatic rings. The van der Waals surface area contributed by atoms with Gasteiger partial charge in [-0.25, -0.2) is 4.79 Å². The summed E-state index contributed by atoms with van der Waals surface area (Å²) in [4.78, 5) is 11.7. The van der Waals surface area contributed by atoms with E-state index in [9.17, 15) is 4.79 Å². The summed E-state index contributed by atoms with van der Waals surface area (Å²) in [5.74, 6) is 4.86. The van der Waals surface area contributed by atoms with Gasteiger partial charge in [0.15, 0.2) is 0 Å². The number of carbonyl (C=O) groups is 1. The maximum Gasteiger partial charge on any atom is 0.345 e. The fourth-order valence-electron chi connectivity index (χ4n) is 0.825. The maximum absolute atomic E-state index is 10.6. The molecule has 0 fully saturated rings. The molecule has 0 bridgehead atoms. The molecule has 0 unspecified atom stereocenters. The van der Waals surface area contributed by atoms with Gasteiger partial charge in [-0.2, -0.15) is 0 Å². The first-order valence-electron chi connectivity index (χ1n) is 3.53. The Morgan fingerprint density at radius 3 is 2.92 bits per heavy atom. The highest BCUT2D eigenvalue weighted by Gasteiger charge is 2.08. The van der Waals surface area contributed by atoms with Crippen molar-refractivity contribution in [1.29, 1.82) is 0 Å².